The first kappa shape index (κ1) is 18.9. The molecule has 1 aromatic rings. The van der Waals surface area contributed by atoms with E-state index in [0.29, 0.717) is 24.3 Å². The minimum atomic E-state index is -1.20. The first-order valence-corrected chi connectivity index (χ1v) is 8.19. The van der Waals surface area contributed by atoms with Crippen LogP contribution in [0.1, 0.15) is 25.7 Å². The molecule has 1 aliphatic rings. The van der Waals surface area contributed by atoms with E-state index in [0.717, 1.165) is 12.8 Å². The summed E-state index contributed by atoms with van der Waals surface area (Å²) in [6, 6.07) is 6.34. The molecule has 0 heterocycles. The maximum absolute atomic E-state index is 11.9. The molecule has 138 valence electrons. The van der Waals surface area contributed by atoms with Crippen LogP contribution in [-0.2, 0) is 4.79 Å². The predicted octanol–water partition coefficient (Wildman–Crippen LogP) is 1.13. The van der Waals surface area contributed by atoms with Crippen molar-refractivity contribution in [2.45, 2.75) is 37.3 Å². The molecule has 1 fully saturated rings. The van der Waals surface area contributed by atoms with E-state index in [9.17, 15) is 19.8 Å². The molecule has 8 nitrogen and oxygen atoms in total. The average molecular weight is 352 g/mol. The lowest BCUT2D eigenvalue weighted by Gasteiger charge is -2.25. The lowest BCUT2D eigenvalue weighted by Crippen LogP contribution is -2.56. The summed E-state index contributed by atoms with van der Waals surface area (Å²) in [5.41, 5.74) is -1.20. The van der Waals surface area contributed by atoms with E-state index in [1.165, 1.54) is 0 Å². The third-order valence-electron chi connectivity index (χ3n) is 4.20. The first-order chi connectivity index (χ1) is 11.9. The molecule has 2 rings (SSSR count). The fraction of sp³-hybridized carbons (Fsp3) is 0.529. The van der Waals surface area contributed by atoms with Crippen LogP contribution in [0, 0.1) is 0 Å². The number of carboxylic acids is 1. The zero-order valence-electron chi connectivity index (χ0n) is 14.2. The highest BCUT2D eigenvalue weighted by Crippen LogP contribution is 2.29. The summed E-state index contributed by atoms with van der Waals surface area (Å²) in [4.78, 5) is 23.3. The zero-order chi connectivity index (χ0) is 18.3. The van der Waals surface area contributed by atoms with Crippen molar-refractivity contribution in [3.63, 3.8) is 0 Å². The Morgan fingerprint density at radius 3 is 2.60 bits per heavy atom. The van der Waals surface area contributed by atoms with Crippen molar-refractivity contribution < 1.29 is 29.3 Å². The van der Waals surface area contributed by atoms with Gasteiger partial charge in [0.1, 0.15) is 29.7 Å². The van der Waals surface area contributed by atoms with E-state index in [1.54, 1.807) is 31.4 Å². The number of hydrogen-bond donors (Lipinski definition) is 4. The summed E-state index contributed by atoms with van der Waals surface area (Å²) < 4.78 is 10.5. The van der Waals surface area contributed by atoms with Gasteiger partial charge < -0.3 is 30.3 Å². The van der Waals surface area contributed by atoms with E-state index in [1.807, 2.05) is 0 Å². The molecule has 1 saturated carbocycles. The van der Waals surface area contributed by atoms with Crippen LogP contribution in [-0.4, -0.2) is 54.1 Å². The number of nitrogens with one attached hydrogen (secondary N) is 2. The number of benzene rings is 1. The maximum atomic E-state index is 11.9. The van der Waals surface area contributed by atoms with Gasteiger partial charge in [0, 0.05) is 12.6 Å². The summed E-state index contributed by atoms with van der Waals surface area (Å²) in [5.74, 6) is 0.153. The second-order valence-corrected chi connectivity index (χ2v) is 6.07. The Hall–Kier alpha value is -2.48. The Kier molecular flexibility index (Phi) is 6.46. The quantitative estimate of drug-likeness (QED) is 0.557. The second kappa shape index (κ2) is 8.57. The maximum Gasteiger partial charge on any atom is 0.329 e. The third-order valence-corrected chi connectivity index (χ3v) is 4.20. The van der Waals surface area contributed by atoms with Gasteiger partial charge in [0.05, 0.1) is 7.11 Å². The lowest BCUT2D eigenvalue weighted by molar-refractivity contribution is -0.144. The topological polar surface area (TPSA) is 117 Å². The van der Waals surface area contributed by atoms with Crippen molar-refractivity contribution in [1.29, 1.82) is 0 Å². The largest absolute Gasteiger partial charge is 0.497 e. The molecule has 1 atom stereocenters. The minimum Gasteiger partial charge on any atom is -0.497 e. The van der Waals surface area contributed by atoms with Gasteiger partial charge >= 0.3 is 12.0 Å². The van der Waals surface area contributed by atoms with Crippen LogP contribution in [0.4, 0.5) is 4.79 Å². The van der Waals surface area contributed by atoms with Gasteiger partial charge in [0.15, 0.2) is 0 Å². The molecular formula is C17H24N2O6. The zero-order valence-corrected chi connectivity index (χ0v) is 14.2. The molecular weight excluding hydrogens is 328 g/mol. The third kappa shape index (κ3) is 5.25. The Balaban J connectivity index is 1.74. The Morgan fingerprint density at radius 2 is 1.96 bits per heavy atom. The highest BCUT2D eigenvalue weighted by molar-refractivity contribution is 5.86. The van der Waals surface area contributed by atoms with E-state index < -0.39 is 23.6 Å². The second-order valence-electron chi connectivity index (χ2n) is 6.07. The Morgan fingerprint density at radius 1 is 1.28 bits per heavy atom. The van der Waals surface area contributed by atoms with Crippen molar-refractivity contribution in [3.8, 4) is 11.5 Å². The van der Waals surface area contributed by atoms with E-state index in [-0.39, 0.29) is 13.2 Å². The van der Waals surface area contributed by atoms with Crippen LogP contribution in [0.5, 0.6) is 11.5 Å². The van der Waals surface area contributed by atoms with Gasteiger partial charge in [-0.1, -0.05) is 18.9 Å². The van der Waals surface area contributed by atoms with Crippen LogP contribution < -0.4 is 20.1 Å². The summed E-state index contributed by atoms with van der Waals surface area (Å²) in [6.45, 7) is -0.0664. The van der Waals surface area contributed by atoms with Crippen molar-refractivity contribution in [2.75, 3.05) is 20.3 Å². The normalized spacial score (nSPS) is 16.7. The number of aliphatic carboxylic acids is 1. The highest BCUT2D eigenvalue weighted by atomic mass is 16.5. The summed E-state index contributed by atoms with van der Waals surface area (Å²) in [7, 11) is 1.55. The van der Waals surface area contributed by atoms with Crippen molar-refractivity contribution in [1.82, 2.24) is 10.6 Å². The molecule has 8 heteroatoms. The number of carboxylic acid groups (broad SMARTS) is 1. The number of amides is 2. The number of ether oxygens (including phenoxy) is 2. The number of carbonyl (C=O) groups excluding carboxylic acids is 1. The van der Waals surface area contributed by atoms with Crippen molar-refractivity contribution in [2.24, 2.45) is 0 Å². The molecule has 0 unspecified atom stereocenters. The number of aliphatic hydroxyl groups excluding tert-OH is 1. The molecule has 0 aliphatic heterocycles. The van der Waals surface area contributed by atoms with Gasteiger partial charge in [-0.3, -0.25) is 0 Å². The number of methoxy groups -OCH3 is 1. The fourth-order valence-corrected chi connectivity index (χ4v) is 2.79. The fourth-order valence-electron chi connectivity index (χ4n) is 2.79. The Labute approximate surface area is 146 Å². The SMILES string of the molecule is COc1cccc(OC[C@H](O)CNC(=O)NC2(C(=O)O)CCCC2)c1. The van der Waals surface area contributed by atoms with E-state index in [2.05, 4.69) is 10.6 Å². The molecule has 25 heavy (non-hydrogen) atoms. The van der Waals surface area contributed by atoms with E-state index >= 15 is 0 Å². The monoisotopic (exact) mass is 352 g/mol. The summed E-state index contributed by atoms with van der Waals surface area (Å²) >= 11 is 0. The van der Waals surface area contributed by atoms with Gasteiger partial charge in [-0.15, -0.1) is 0 Å². The number of aliphatic hydroxyl groups is 1. The summed E-state index contributed by atoms with van der Waals surface area (Å²) in [5, 5.41) is 24.2. The molecule has 2 amide bonds. The molecule has 0 bridgehead atoms. The molecule has 1 aromatic carbocycles. The van der Waals surface area contributed by atoms with Gasteiger partial charge in [-0.25, -0.2) is 9.59 Å². The average Bonchev–Trinajstić information content (AvgIpc) is 3.08. The molecule has 0 radical (unpaired) electrons. The number of hydrogen-bond acceptors (Lipinski definition) is 5. The van der Waals surface area contributed by atoms with E-state index in [4.69, 9.17) is 9.47 Å². The Bertz CT molecular complexity index is 601. The van der Waals surface area contributed by atoms with Gasteiger partial charge in [-0.2, -0.15) is 0 Å². The first-order valence-electron chi connectivity index (χ1n) is 8.19. The van der Waals surface area contributed by atoms with Crippen LogP contribution >= 0.6 is 0 Å². The van der Waals surface area contributed by atoms with Crippen LogP contribution in [0.3, 0.4) is 0 Å². The number of carbonyl (C=O) groups is 2. The smallest absolute Gasteiger partial charge is 0.329 e. The standard InChI is InChI=1S/C17H24N2O6/c1-24-13-5-4-6-14(9-13)25-11-12(20)10-18-16(23)19-17(15(21)22)7-2-3-8-17/h4-6,9,12,20H,2-3,7-8,10-11H2,1H3,(H,21,22)(H2,18,19,23)/t12-/m1/s1. The van der Waals surface area contributed by atoms with Crippen molar-refractivity contribution in [3.05, 3.63) is 24.3 Å². The minimum absolute atomic E-state index is 0.0163. The van der Waals surface area contributed by atoms with Crippen LogP contribution in [0.2, 0.25) is 0 Å². The lowest BCUT2D eigenvalue weighted by atomic mass is 9.98. The molecule has 0 saturated heterocycles. The molecule has 0 spiro atoms. The molecule has 1 aliphatic carbocycles. The van der Waals surface area contributed by atoms with Crippen molar-refractivity contribution >= 4 is 12.0 Å². The van der Waals surface area contributed by atoms with Crippen LogP contribution in [0.25, 0.3) is 0 Å². The van der Waals surface area contributed by atoms with Gasteiger partial charge in [-0.05, 0) is 25.0 Å². The highest BCUT2D eigenvalue weighted by Gasteiger charge is 2.42. The molecule has 4 N–H and O–H groups in total. The molecule has 0 aromatic heterocycles. The number of rotatable bonds is 8. The summed E-state index contributed by atoms with van der Waals surface area (Å²) in [6.07, 6.45) is 1.43. The van der Waals surface area contributed by atoms with Gasteiger partial charge in [0.2, 0.25) is 0 Å². The van der Waals surface area contributed by atoms with Crippen LogP contribution in [0.15, 0.2) is 24.3 Å². The number of urea groups is 1. The predicted molar refractivity (Wildman–Crippen MR) is 89.9 cm³/mol. The van der Waals surface area contributed by atoms with Gasteiger partial charge in [0.25, 0.3) is 0 Å².